The number of hydrogen-bond acceptors (Lipinski definition) is 5. The van der Waals surface area contributed by atoms with Crippen molar-refractivity contribution < 1.29 is 19.4 Å². The van der Waals surface area contributed by atoms with E-state index in [2.05, 4.69) is 17.0 Å². The Morgan fingerprint density at radius 2 is 1.76 bits per heavy atom. The van der Waals surface area contributed by atoms with E-state index in [-0.39, 0.29) is 12.4 Å². The smallest absolute Gasteiger partial charge is 0.159 e. The number of likely N-dealkylation sites (tertiary alicyclic amines) is 1. The van der Waals surface area contributed by atoms with Gasteiger partial charge in [-0.25, -0.2) is 0 Å². The molecule has 0 bridgehead atoms. The molecule has 156 valence electrons. The molecule has 5 heteroatoms. The van der Waals surface area contributed by atoms with Crippen molar-refractivity contribution >= 4 is 5.78 Å². The molecule has 2 aromatic rings. The van der Waals surface area contributed by atoms with Crippen LogP contribution in [-0.2, 0) is 0 Å². The maximum absolute atomic E-state index is 11.4. The predicted octanol–water partition coefficient (Wildman–Crippen LogP) is 4.25. The largest absolute Gasteiger partial charge is 0.497 e. The second kappa shape index (κ2) is 10.4. The second-order valence-corrected chi connectivity index (χ2v) is 7.68. The molecule has 1 heterocycles. The van der Waals surface area contributed by atoms with E-state index >= 15 is 0 Å². The second-order valence-electron chi connectivity index (χ2n) is 7.68. The Kier molecular flexibility index (Phi) is 7.67. The molecule has 5 nitrogen and oxygen atoms in total. The third kappa shape index (κ3) is 6.05. The molecular weight excluding hydrogens is 366 g/mol. The number of carbonyl (C=O) groups excluding carboxylic acids is 1. The number of ether oxygens (including phenoxy) is 2. The van der Waals surface area contributed by atoms with Crippen molar-refractivity contribution in [3.8, 4) is 11.5 Å². The third-order valence-electron chi connectivity index (χ3n) is 5.51. The van der Waals surface area contributed by atoms with E-state index in [1.54, 1.807) is 38.3 Å². The quantitative estimate of drug-likeness (QED) is 0.675. The van der Waals surface area contributed by atoms with Crippen LogP contribution in [0.5, 0.6) is 11.5 Å². The normalized spacial score (nSPS) is 18.7. The Balaban J connectivity index is 1.59. The lowest BCUT2D eigenvalue weighted by Gasteiger charge is -2.32. The predicted molar refractivity (Wildman–Crippen MR) is 114 cm³/mol. The van der Waals surface area contributed by atoms with Crippen LogP contribution in [0.1, 0.15) is 54.6 Å². The van der Waals surface area contributed by atoms with Gasteiger partial charge in [0.1, 0.15) is 24.2 Å². The maximum atomic E-state index is 11.4. The highest BCUT2D eigenvalue weighted by atomic mass is 16.5. The molecule has 1 N–H and O–H groups in total. The van der Waals surface area contributed by atoms with Crippen molar-refractivity contribution in [2.45, 2.75) is 44.8 Å². The number of carbonyl (C=O) groups is 1. The van der Waals surface area contributed by atoms with Crippen molar-refractivity contribution in [1.29, 1.82) is 0 Å². The van der Waals surface area contributed by atoms with Gasteiger partial charge in [-0.1, -0.05) is 25.0 Å². The number of Topliss-reactive ketones (excluding diaryl/α,β-unsaturated/α-hetero) is 1. The summed E-state index contributed by atoms with van der Waals surface area (Å²) in [5, 5.41) is 10.6. The van der Waals surface area contributed by atoms with E-state index < -0.39 is 6.10 Å². The van der Waals surface area contributed by atoms with Crippen LogP contribution in [0, 0.1) is 0 Å². The maximum Gasteiger partial charge on any atom is 0.159 e. The summed E-state index contributed by atoms with van der Waals surface area (Å²) in [7, 11) is 1.68. The van der Waals surface area contributed by atoms with Gasteiger partial charge in [0.2, 0.25) is 0 Å². The van der Waals surface area contributed by atoms with Crippen LogP contribution >= 0.6 is 0 Å². The zero-order valence-electron chi connectivity index (χ0n) is 17.3. The highest BCUT2D eigenvalue weighted by Gasteiger charge is 2.24. The average Bonchev–Trinajstić information content (AvgIpc) is 2.98. The fourth-order valence-electron chi connectivity index (χ4n) is 3.89. The number of rotatable bonds is 8. The van der Waals surface area contributed by atoms with E-state index in [1.165, 1.54) is 18.4 Å². The lowest BCUT2D eigenvalue weighted by atomic mass is 10.0. The molecule has 0 aromatic heterocycles. The number of β-amino-alcohol motifs (C(OH)–C–C–N with tert-alkyl or cyclic N) is 1. The van der Waals surface area contributed by atoms with Crippen LogP contribution in [0.25, 0.3) is 0 Å². The van der Waals surface area contributed by atoms with Crippen molar-refractivity contribution in [1.82, 2.24) is 4.90 Å². The van der Waals surface area contributed by atoms with Crippen LogP contribution in [0.15, 0.2) is 48.5 Å². The number of benzene rings is 2. The van der Waals surface area contributed by atoms with Gasteiger partial charge in [0, 0.05) is 18.2 Å². The van der Waals surface area contributed by atoms with Gasteiger partial charge in [-0.15, -0.1) is 0 Å². The molecule has 0 radical (unpaired) electrons. The first-order valence-corrected chi connectivity index (χ1v) is 10.4. The summed E-state index contributed by atoms with van der Waals surface area (Å²) in [4.78, 5) is 13.7. The van der Waals surface area contributed by atoms with Gasteiger partial charge >= 0.3 is 0 Å². The third-order valence-corrected chi connectivity index (χ3v) is 5.51. The SMILES string of the molecule is COc1ccc([C@H]2CCCCCN2C[C@H](O)COc2ccc(C(C)=O)cc2)cc1. The summed E-state index contributed by atoms with van der Waals surface area (Å²) in [6.07, 6.45) is 4.07. The van der Waals surface area contributed by atoms with Crippen LogP contribution in [-0.4, -0.2) is 48.7 Å². The molecule has 0 unspecified atom stereocenters. The van der Waals surface area contributed by atoms with Crippen LogP contribution < -0.4 is 9.47 Å². The van der Waals surface area contributed by atoms with Crippen molar-refractivity contribution in [2.24, 2.45) is 0 Å². The first-order chi connectivity index (χ1) is 14.1. The molecule has 3 rings (SSSR count). The molecule has 0 saturated carbocycles. The van der Waals surface area contributed by atoms with Crippen LogP contribution in [0.2, 0.25) is 0 Å². The van der Waals surface area contributed by atoms with Crippen molar-refractivity contribution in [2.75, 3.05) is 26.8 Å². The molecule has 1 fully saturated rings. The molecule has 29 heavy (non-hydrogen) atoms. The Labute approximate surface area is 173 Å². The number of methoxy groups -OCH3 is 1. The molecule has 1 aliphatic heterocycles. The molecule has 2 aromatic carbocycles. The minimum Gasteiger partial charge on any atom is -0.497 e. The summed E-state index contributed by atoms with van der Waals surface area (Å²) >= 11 is 0. The number of nitrogens with zero attached hydrogens (tertiary/aromatic N) is 1. The van der Waals surface area contributed by atoms with Gasteiger partial charge in [-0.3, -0.25) is 9.69 Å². The summed E-state index contributed by atoms with van der Waals surface area (Å²) in [6, 6.07) is 15.6. The highest BCUT2D eigenvalue weighted by Crippen LogP contribution is 2.31. The fourth-order valence-corrected chi connectivity index (χ4v) is 3.89. The average molecular weight is 398 g/mol. The molecule has 0 amide bonds. The van der Waals surface area contributed by atoms with E-state index in [4.69, 9.17) is 9.47 Å². The zero-order valence-corrected chi connectivity index (χ0v) is 17.3. The number of aliphatic hydroxyl groups is 1. The van der Waals surface area contributed by atoms with Crippen molar-refractivity contribution in [3.63, 3.8) is 0 Å². The molecule has 1 saturated heterocycles. The first kappa shape index (κ1) is 21.3. The molecule has 1 aliphatic rings. The van der Waals surface area contributed by atoms with Gasteiger partial charge in [-0.2, -0.15) is 0 Å². The Morgan fingerprint density at radius 1 is 1.07 bits per heavy atom. The van der Waals surface area contributed by atoms with Gasteiger partial charge in [-0.05, 0) is 68.3 Å². The summed E-state index contributed by atoms with van der Waals surface area (Å²) in [5.41, 5.74) is 1.92. The lowest BCUT2D eigenvalue weighted by molar-refractivity contribution is 0.0525. The van der Waals surface area contributed by atoms with E-state index in [0.717, 1.165) is 25.1 Å². The molecular formula is C24H31NO4. The Hall–Kier alpha value is -2.37. The Bertz CT molecular complexity index is 772. The highest BCUT2D eigenvalue weighted by molar-refractivity contribution is 5.94. The van der Waals surface area contributed by atoms with Gasteiger partial charge < -0.3 is 14.6 Å². The summed E-state index contributed by atoms with van der Waals surface area (Å²) in [5.74, 6) is 1.55. The number of ketones is 1. The van der Waals surface area contributed by atoms with Crippen molar-refractivity contribution in [3.05, 3.63) is 59.7 Å². The van der Waals surface area contributed by atoms with E-state index in [1.807, 2.05) is 12.1 Å². The van der Waals surface area contributed by atoms with Gasteiger partial charge in [0.15, 0.2) is 5.78 Å². The van der Waals surface area contributed by atoms with E-state index in [9.17, 15) is 9.90 Å². The monoisotopic (exact) mass is 397 g/mol. The summed E-state index contributed by atoms with van der Waals surface area (Å²) < 4.78 is 11.0. The molecule has 0 spiro atoms. The minimum atomic E-state index is -0.582. The van der Waals surface area contributed by atoms with Gasteiger partial charge in [0.05, 0.1) is 7.11 Å². The van der Waals surface area contributed by atoms with Crippen LogP contribution in [0.4, 0.5) is 0 Å². The van der Waals surface area contributed by atoms with Gasteiger partial charge in [0.25, 0.3) is 0 Å². The standard InChI is InChI=1S/C24H31NO4/c1-18(26)19-7-13-23(14-8-19)29-17-21(27)16-25-15-5-3-4-6-24(25)20-9-11-22(28-2)12-10-20/h7-14,21,24,27H,3-6,15-17H2,1-2H3/t21-,24+/m0/s1. The minimum absolute atomic E-state index is 0.0299. The van der Waals surface area contributed by atoms with E-state index in [0.29, 0.717) is 23.9 Å². The molecule has 2 atom stereocenters. The number of hydrogen-bond donors (Lipinski definition) is 1. The lowest BCUT2D eigenvalue weighted by Crippen LogP contribution is -2.38. The first-order valence-electron chi connectivity index (χ1n) is 10.4. The Morgan fingerprint density at radius 3 is 2.41 bits per heavy atom. The van der Waals surface area contributed by atoms with Crippen LogP contribution in [0.3, 0.4) is 0 Å². The zero-order chi connectivity index (χ0) is 20.6. The molecule has 0 aliphatic carbocycles. The topological polar surface area (TPSA) is 59.0 Å². The fraction of sp³-hybridized carbons (Fsp3) is 0.458. The number of aliphatic hydroxyl groups excluding tert-OH is 1. The summed E-state index contributed by atoms with van der Waals surface area (Å²) in [6.45, 7) is 3.31.